The molecular formula is C13H15NO4. The fourth-order valence-electron chi connectivity index (χ4n) is 2.37. The SMILES string of the molecule is O=C1CCCC[C@H]1[C@H](O)c1ccc([N+](=O)[O-])cc1. The van der Waals surface area contributed by atoms with Crippen LogP contribution in [0.3, 0.4) is 0 Å². The highest BCUT2D eigenvalue weighted by Gasteiger charge is 2.30. The van der Waals surface area contributed by atoms with Gasteiger partial charge in [-0.2, -0.15) is 0 Å². The smallest absolute Gasteiger partial charge is 0.269 e. The maximum Gasteiger partial charge on any atom is 0.269 e. The number of rotatable bonds is 3. The van der Waals surface area contributed by atoms with Crippen LogP contribution in [-0.2, 0) is 4.79 Å². The van der Waals surface area contributed by atoms with Crippen LogP contribution in [0, 0.1) is 16.0 Å². The van der Waals surface area contributed by atoms with E-state index in [9.17, 15) is 20.0 Å². The van der Waals surface area contributed by atoms with E-state index in [1.807, 2.05) is 0 Å². The number of nitro groups is 1. The van der Waals surface area contributed by atoms with E-state index in [-0.39, 0.29) is 17.4 Å². The van der Waals surface area contributed by atoms with Gasteiger partial charge in [0.05, 0.1) is 11.0 Å². The lowest BCUT2D eigenvalue weighted by Gasteiger charge is -2.25. The van der Waals surface area contributed by atoms with Gasteiger partial charge >= 0.3 is 0 Å². The first kappa shape index (κ1) is 12.7. The van der Waals surface area contributed by atoms with E-state index in [0.717, 1.165) is 12.8 Å². The van der Waals surface area contributed by atoms with E-state index in [2.05, 4.69) is 0 Å². The Morgan fingerprint density at radius 1 is 1.28 bits per heavy atom. The zero-order valence-corrected chi connectivity index (χ0v) is 9.91. The molecule has 0 spiro atoms. The van der Waals surface area contributed by atoms with Gasteiger partial charge in [-0.25, -0.2) is 0 Å². The Balaban J connectivity index is 2.15. The minimum atomic E-state index is -0.849. The molecule has 1 saturated carbocycles. The van der Waals surface area contributed by atoms with Crippen molar-refractivity contribution >= 4 is 11.5 Å². The van der Waals surface area contributed by atoms with Gasteiger partial charge in [-0.15, -0.1) is 0 Å². The molecule has 1 N–H and O–H groups in total. The number of aliphatic hydroxyl groups excluding tert-OH is 1. The average molecular weight is 249 g/mol. The molecule has 96 valence electrons. The molecule has 0 saturated heterocycles. The summed E-state index contributed by atoms with van der Waals surface area (Å²) in [6.07, 6.45) is 2.20. The topological polar surface area (TPSA) is 80.4 Å². The van der Waals surface area contributed by atoms with Crippen molar-refractivity contribution in [3.8, 4) is 0 Å². The number of hydrogen-bond donors (Lipinski definition) is 1. The van der Waals surface area contributed by atoms with Gasteiger partial charge < -0.3 is 5.11 Å². The second-order valence-electron chi connectivity index (χ2n) is 4.61. The average Bonchev–Trinajstić information content (AvgIpc) is 2.38. The molecule has 1 aliphatic carbocycles. The molecular weight excluding hydrogens is 234 g/mol. The van der Waals surface area contributed by atoms with Crippen LogP contribution in [0.5, 0.6) is 0 Å². The van der Waals surface area contributed by atoms with Crippen LogP contribution >= 0.6 is 0 Å². The molecule has 18 heavy (non-hydrogen) atoms. The fourth-order valence-corrected chi connectivity index (χ4v) is 2.37. The highest BCUT2D eigenvalue weighted by Crippen LogP contribution is 2.32. The third kappa shape index (κ3) is 2.56. The summed E-state index contributed by atoms with van der Waals surface area (Å²) in [6.45, 7) is 0. The van der Waals surface area contributed by atoms with Gasteiger partial charge in [-0.05, 0) is 30.5 Å². The van der Waals surface area contributed by atoms with Crippen LogP contribution in [0.1, 0.15) is 37.4 Å². The number of non-ortho nitro benzene ring substituents is 1. The fraction of sp³-hybridized carbons (Fsp3) is 0.462. The van der Waals surface area contributed by atoms with Crippen molar-refractivity contribution < 1.29 is 14.8 Å². The van der Waals surface area contributed by atoms with E-state index in [1.54, 1.807) is 0 Å². The largest absolute Gasteiger partial charge is 0.388 e. The van der Waals surface area contributed by atoms with Crippen molar-refractivity contribution in [2.45, 2.75) is 31.8 Å². The molecule has 1 aromatic rings. The third-order valence-corrected chi connectivity index (χ3v) is 3.43. The molecule has 0 amide bonds. The Labute approximate surface area is 105 Å². The number of carbonyl (C=O) groups excluding carboxylic acids is 1. The second kappa shape index (κ2) is 5.27. The summed E-state index contributed by atoms with van der Waals surface area (Å²) in [5, 5.41) is 20.7. The highest BCUT2D eigenvalue weighted by atomic mass is 16.6. The Morgan fingerprint density at radius 2 is 1.94 bits per heavy atom. The van der Waals surface area contributed by atoms with Crippen molar-refractivity contribution in [1.29, 1.82) is 0 Å². The monoisotopic (exact) mass is 249 g/mol. The van der Waals surface area contributed by atoms with Gasteiger partial charge in [0.1, 0.15) is 5.78 Å². The van der Waals surface area contributed by atoms with Gasteiger partial charge in [0, 0.05) is 24.5 Å². The minimum absolute atomic E-state index is 0.0130. The van der Waals surface area contributed by atoms with Crippen molar-refractivity contribution in [3.63, 3.8) is 0 Å². The maximum atomic E-state index is 11.7. The van der Waals surface area contributed by atoms with Gasteiger partial charge in [0.25, 0.3) is 5.69 Å². The van der Waals surface area contributed by atoms with E-state index >= 15 is 0 Å². The Morgan fingerprint density at radius 3 is 2.50 bits per heavy atom. The molecule has 1 aromatic carbocycles. The van der Waals surface area contributed by atoms with Crippen LogP contribution in [0.25, 0.3) is 0 Å². The number of carbonyl (C=O) groups is 1. The van der Waals surface area contributed by atoms with Crippen molar-refractivity contribution in [2.24, 2.45) is 5.92 Å². The quantitative estimate of drug-likeness (QED) is 0.658. The van der Waals surface area contributed by atoms with E-state index in [0.29, 0.717) is 18.4 Å². The molecule has 0 aliphatic heterocycles. The van der Waals surface area contributed by atoms with Crippen LogP contribution in [0.4, 0.5) is 5.69 Å². The summed E-state index contributed by atoms with van der Waals surface area (Å²) < 4.78 is 0. The zero-order chi connectivity index (χ0) is 13.1. The minimum Gasteiger partial charge on any atom is -0.388 e. The summed E-state index contributed by atoms with van der Waals surface area (Å²) in [4.78, 5) is 21.8. The number of Topliss-reactive ketones (excluding diaryl/α,β-unsaturated/α-hetero) is 1. The molecule has 0 aromatic heterocycles. The molecule has 0 unspecified atom stereocenters. The van der Waals surface area contributed by atoms with Crippen molar-refractivity contribution in [3.05, 3.63) is 39.9 Å². The molecule has 0 radical (unpaired) electrons. The molecule has 2 rings (SSSR count). The summed E-state index contributed by atoms with van der Waals surface area (Å²) in [6, 6.07) is 5.74. The molecule has 1 aliphatic rings. The van der Waals surface area contributed by atoms with E-state index < -0.39 is 11.0 Å². The summed E-state index contributed by atoms with van der Waals surface area (Å²) >= 11 is 0. The van der Waals surface area contributed by atoms with Crippen molar-refractivity contribution in [2.75, 3.05) is 0 Å². The highest BCUT2D eigenvalue weighted by molar-refractivity contribution is 5.82. The summed E-state index contributed by atoms with van der Waals surface area (Å²) in [7, 11) is 0. The second-order valence-corrected chi connectivity index (χ2v) is 4.61. The Kier molecular flexibility index (Phi) is 3.72. The zero-order valence-electron chi connectivity index (χ0n) is 9.91. The predicted molar refractivity (Wildman–Crippen MR) is 65.0 cm³/mol. The van der Waals surface area contributed by atoms with Crippen LogP contribution in [0.2, 0.25) is 0 Å². The van der Waals surface area contributed by atoms with Crippen LogP contribution < -0.4 is 0 Å². The lowest BCUT2D eigenvalue weighted by Crippen LogP contribution is -2.25. The molecule has 0 bridgehead atoms. The molecule has 5 heteroatoms. The third-order valence-electron chi connectivity index (χ3n) is 3.43. The summed E-state index contributed by atoms with van der Waals surface area (Å²) in [5.41, 5.74) is 0.557. The standard InChI is InChI=1S/C13H15NO4/c15-12-4-2-1-3-11(12)13(16)9-5-7-10(8-6-9)14(17)18/h5-8,11,13,16H,1-4H2/t11-,13-/m1/s1. The van der Waals surface area contributed by atoms with E-state index in [4.69, 9.17) is 0 Å². The Hall–Kier alpha value is -1.75. The molecule has 2 atom stereocenters. The molecule has 0 heterocycles. The predicted octanol–water partition coefficient (Wildman–Crippen LogP) is 2.39. The van der Waals surface area contributed by atoms with Crippen LogP contribution in [-0.4, -0.2) is 15.8 Å². The lowest BCUT2D eigenvalue weighted by molar-refractivity contribution is -0.384. The number of ketones is 1. The molecule has 5 nitrogen and oxygen atoms in total. The number of benzene rings is 1. The number of hydrogen-bond acceptors (Lipinski definition) is 4. The summed E-state index contributed by atoms with van der Waals surface area (Å²) in [5.74, 6) is -0.271. The van der Waals surface area contributed by atoms with Gasteiger partial charge in [0.2, 0.25) is 0 Å². The number of nitrogens with zero attached hydrogens (tertiary/aromatic N) is 1. The van der Waals surface area contributed by atoms with Gasteiger partial charge in [-0.3, -0.25) is 14.9 Å². The van der Waals surface area contributed by atoms with Crippen LogP contribution in [0.15, 0.2) is 24.3 Å². The normalized spacial score (nSPS) is 21.6. The Bertz CT molecular complexity index is 455. The maximum absolute atomic E-state index is 11.7. The number of nitro benzene ring substituents is 1. The van der Waals surface area contributed by atoms with Crippen molar-refractivity contribution in [1.82, 2.24) is 0 Å². The van der Waals surface area contributed by atoms with Gasteiger partial charge in [0.15, 0.2) is 0 Å². The first-order valence-corrected chi connectivity index (χ1v) is 6.04. The van der Waals surface area contributed by atoms with E-state index in [1.165, 1.54) is 24.3 Å². The first-order valence-electron chi connectivity index (χ1n) is 6.04. The lowest BCUT2D eigenvalue weighted by atomic mass is 9.82. The molecule has 1 fully saturated rings. The first-order chi connectivity index (χ1) is 8.59. The number of aliphatic hydroxyl groups is 1. The van der Waals surface area contributed by atoms with Gasteiger partial charge in [-0.1, -0.05) is 6.42 Å².